The molecule has 1 heterocycles. The number of aryl methyl sites for hydroxylation is 1. The van der Waals surface area contributed by atoms with Crippen LogP contribution in [0.5, 0.6) is 0 Å². The van der Waals surface area contributed by atoms with E-state index in [1.807, 2.05) is 6.92 Å². The van der Waals surface area contributed by atoms with E-state index in [2.05, 4.69) is 15.5 Å². The lowest BCUT2D eigenvalue weighted by atomic mass is 9.79. The Morgan fingerprint density at radius 3 is 2.58 bits per heavy atom. The standard InChI is InChI=1S/C12H17N3O3S/c1-2-9-14-15-12(19-9)13-10(16)7-5-3-4-6-8(7)11(17)18/h7-8H,2-6H2,1H3,(H,17,18)(H,13,15,16)/p-1/t7-,8+/m1/s1. The lowest BCUT2D eigenvalue weighted by molar-refractivity contribution is -0.313. The lowest BCUT2D eigenvalue weighted by Gasteiger charge is -2.30. The molecule has 2 rings (SSSR count). The smallest absolute Gasteiger partial charge is 0.229 e. The van der Waals surface area contributed by atoms with E-state index in [1.54, 1.807) is 0 Å². The van der Waals surface area contributed by atoms with Gasteiger partial charge in [0.25, 0.3) is 0 Å². The minimum Gasteiger partial charge on any atom is -0.550 e. The van der Waals surface area contributed by atoms with Gasteiger partial charge in [-0.1, -0.05) is 31.1 Å². The minimum absolute atomic E-state index is 0.285. The van der Waals surface area contributed by atoms with E-state index in [1.165, 1.54) is 11.3 Å². The molecule has 104 valence electrons. The molecule has 6 nitrogen and oxygen atoms in total. The third-order valence-electron chi connectivity index (χ3n) is 3.40. The summed E-state index contributed by atoms with van der Waals surface area (Å²) in [5, 5.41) is 22.8. The number of carbonyl (C=O) groups excluding carboxylic acids is 2. The Balaban J connectivity index is 2.03. The maximum absolute atomic E-state index is 12.1. The molecule has 2 atom stereocenters. The minimum atomic E-state index is -1.13. The van der Waals surface area contributed by atoms with E-state index in [9.17, 15) is 14.7 Å². The predicted octanol–water partition coefficient (Wildman–Crippen LogP) is 0.595. The van der Waals surface area contributed by atoms with Gasteiger partial charge in [0.1, 0.15) is 5.01 Å². The summed E-state index contributed by atoms with van der Waals surface area (Å²) in [6.07, 6.45) is 3.57. The lowest BCUT2D eigenvalue weighted by Crippen LogP contribution is -2.42. The number of hydrogen-bond donors (Lipinski definition) is 1. The molecular weight excluding hydrogens is 266 g/mol. The number of amides is 1. The zero-order chi connectivity index (χ0) is 13.8. The average molecular weight is 282 g/mol. The van der Waals surface area contributed by atoms with Gasteiger partial charge in [0.2, 0.25) is 11.0 Å². The van der Waals surface area contributed by atoms with E-state index < -0.39 is 17.8 Å². The molecule has 0 radical (unpaired) electrons. The van der Waals surface area contributed by atoms with E-state index in [0.29, 0.717) is 18.0 Å². The van der Waals surface area contributed by atoms with Gasteiger partial charge >= 0.3 is 0 Å². The highest BCUT2D eigenvalue weighted by atomic mass is 32.1. The van der Waals surface area contributed by atoms with Crippen molar-refractivity contribution in [1.29, 1.82) is 0 Å². The maximum atomic E-state index is 12.1. The molecule has 1 N–H and O–H groups in total. The number of carboxylic acids is 1. The summed E-state index contributed by atoms with van der Waals surface area (Å²) >= 11 is 1.32. The number of aliphatic carboxylic acids is 1. The second-order valence-corrected chi connectivity index (χ2v) is 5.72. The summed E-state index contributed by atoms with van der Waals surface area (Å²) in [5.41, 5.74) is 0. The molecule has 0 spiro atoms. The zero-order valence-corrected chi connectivity index (χ0v) is 11.5. The molecule has 0 aliphatic heterocycles. The normalized spacial score (nSPS) is 23.0. The van der Waals surface area contributed by atoms with Gasteiger partial charge in [-0.3, -0.25) is 4.79 Å². The van der Waals surface area contributed by atoms with Crippen molar-refractivity contribution in [3.05, 3.63) is 5.01 Å². The molecule has 1 saturated carbocycles. The summed E-state index contributed by atoms with van der Waals surface area (Å²) < 4.78 is 0. The zero-order valence-electron chi connectivity index (χ0n) is 10.7. The van der Waals surface area contributed by atoms with Crippen LogP contribution >= 0.6 is 11.3 Å². The highest BCUT2D eigenvalue weighted by molar-refractivity contribution is 7.15. The van der Waals surface area contributed by atoms with Crippen LogP contribution in [0, 0.1) is 11.8 Å². The number of carbonyl (C=O) groups is 2. The van der Waals surface area contributed by atoms with Crippen molar-refractivity contribution in [2.24, 2.45) is 11.8 Å². The van der Waals surface area contributed by atoms with Crippen LogP contribution in [0.4, 0.5) is 5.13 Å². The number of rotatable bonds is 4. The fourth-order valence-electron chi connectivity index (χ4n) is 2.37. The molecule has 1 amide bonds. The first-order chi connectivity index (χ1) is 9.11. The van der Waals surface area contributed by atoms with Crippen molar-refractivity contribution in [2.45, 2.75) is 39.0 Å². The SMILES string of the molecule is CCc1nnc(NC(=O)[C@@H]2CCCC[C@@H]2C(=O)[O-])s1. The Hall–Kier alpha value is -1.50. The largest absolute Gasteiger partial charge is 0.550 e. The van der Waals surface area contributed by atoms with Gasteiger partial charge in [-0.2, -0.15) is 0 Å². The first-order valence-electron chi connectivity index (χ1n) is 6.46. The van der Waals surface area contributed by atoms with Crippen LogP contribution in [-0.2, 0) is 16.0 Å². The van der Waals surface area contributed by atoms with Crippen LogP contribution in [-0.4, -0.2) is 22.1 Å². The summed E-state index contributed by atoms with van der Waals surface area (Å²) in [5.74, 6) is -2.63. The van der Waals surface area contributed by atoms with Gasteiger partial charge in [0.05, 0.1) is 0 Å². The molecule has 1 aliphatic carbocycles. The summed E-state index contributed by atoms with van der Waals surface area (Å²) in [6, 6.07) is 0. The van der Waals surface area contributed by atoms with Crippen LogP contribution in [0.2, 0.25) is 0 Å². The van der Waals surface area contributed by atoms with Crippen molar-refractivity contribution in [3.63, 3.8) is 0 Å². The summed E-state index contributed by atoms with van der Waals surface area (Å²) in [4.78, 5) is 23.2. The second kappa shape index (κ2) is 6.10. The first-order valence-corrected chi connectivity index (χ1v) is 7.27. The molecule has 1 aliphatic rings. The fraction of sp³-hybridized carbons (Fsp3) is 0.667. The van der Waals surface area contributed by atoms with Crippen LogP contribution in [0.25, 0.3) is 0 Å². The van der Waals surface area contributed by atoms with E-state index in [-0.39, 0.29) is 5.91 Å². The van der Waals surface area contributed by atoms with Crippen LogP contribution in [0.1, 0.15) is 37.6 Å². The van der Waals surface area contributed by atoms with Gasteiger partial charge in [-0.15, -0.1) is 10.2 Å². The average Bonchev–Trinajstić information content (AvgIpc) is 2.86. The number of hydrogen-bond acceptors (Lipinski definition) is 6. The van der Waals surface area contributed by atoms with Gasteiger partial charge in [-0.25, -0.2) is 0 Å². The third-order valence-corrected chi connectivity index (χ3v) is 4.39. The van der Waals surface area contributed by atoms with E-state index in [0.717, 1.165) is 24.3 Å². The van der Waals surface area contributed by atoms with Crippen molar-refractivity contribution in [1.82, 2.24) is 10.2 Å². The molecule has 19 heavy (non-hydrogen) atoms. The highest BCUT2D eigenvalue weighted by Gasteiger charge is 2.32. The highest BCUT2D eigenvalue weighted by Crippen LogP contribution is 2.31. The Morgan fingerprint density at radius 1 is 1.32 bits per heavy atom. The van der Waals surface area contributed by atoms with E-state index >= 15 is 0 Å². The summed E-state index contributed by atoms with van der Waals surface area (Å²) in [7, 11) is 0. The van der Waals surface area contributed by atoms with Gasteiger partial charge in [0.15, 0.2) is 0 Å². The van der Waals surface area contributed by atoms with Crippen LogP contribution in [0.15, 0.2) is 0 Å². The van der Waals surface area contributed by atoms with Crippen molar-refractivity contribution in [2.75, 3.05) is 5.32 Å². The molecule has 0 bridgehead atoms. The van der Waals surface area contributed by atoms with Gasteiger partial charge < -0.3 is 15.2 Å². The summed E-state index contributed by atoms with van der Waals surface area (Å²) in [6.45, 7) is 1.96. The Kier molecular flexibility index (Phi) is 4.47. The molecule has 1 fully saturated rings. The predicted molar refractivity (Wildman–Crippen MR) is 68.4 cm³/mol. The molecule has 7 heteroatoms. The Bertz CT molecular complexity index is 475. The second-order valence-electron chi connectivity index (χ2n) is 4.66. The molecule has 1 aromatic rings. The number of aromatic nitrogens is 2. The number of nitrogens with zero attached hydrogens (tertiary/aromatic N) is 2. The fourth-order valence-corrected chi connectivity index (χ4v) is 3.05. The van der Waals surface area contributed by atoms with Gasteiger partial charge in [0, 0.05) is 17.8 Å². The Morgan fingerprint density at radius 2 is 2.00 bits per heavy atom. The van der Waals surface area contributed by atoms with E-state index in [4.69, 9.17) is 0 Å². The maximum Gasteiger partial charge on any atom is 0.229 e. The monoisotopic (exact) mass is 282 g/mol. The quantitative estimate of drug-likeness (QED) is 0.872. The molecule has 0 aromatic carbocycles. The molecule has 0 unspecified atom stereocenters. The number of carboxylic acid groups (broad SMARTS) is 1. The number of anilines is 1. The molecular formula is C12H16N3O3S-. The molecule has 0 saturated heterocycles. The number of nitrogens with one attached hydrogen (secondary N) is 1. The van der Waals surface area contributed by atoms with Crippen molar-refractivity contribution < 1.29 is 14.7 Å². The van der Waals surface area contributed by atoms with Crippen LogP contribution < -0.4 is 10.4 Å². The van der Waals surface area contributed by atoms with Gasteiger partial charge in [-0.05, 0) is 19.3 Å². The van der Waals surface area contributed by atoms with Crippen molar-refractivity contribution in [3.8, 4) is 0 Å². The van der Waals surface area contributed by atoms with Crippen LogP contribution in [0.3, 0.4) is 0 Å². The third kappa shape index (κ3) is 3.28. The van der Waals surface area contributed by atoms with Crippen molar-refractivity contribution >= 4 is 28.3 Å². The first kappa shape index (κ1) is 13.9. The Labute approximate surface area is 115 Å². The molecule has 1 aromatic heterocycles. The topological polar surface area (TPSA) is 95.0 Å².